The molecule has 142 valence electrons. The predicted molar refractivity (Wildman–Crippen MR) is 108 cm³/mol. The van der Waals surface area contributed by atoms with Crippen LogP contribution in [0.3, 0.4) is 0 Å². The summed E-state index contributed by atoms with van der Waals surface area (Å²) in [6.45, 7) is 4.67. The lowest BCUT2D eigenvalue weighted by molar-refractivity contribution is 0.0950. The highest BCUT2D eigenvalue weighted by Crippen LogP contribution is 2.22. The number of fused-ring (bicyclic) bond motifs is 1. The van der Waals surface area contributed by atoms with Gasteiger partial charge >= 0.3 is 0 Å². The molecule has 1 aliphatic heterocycles. The van der Waals surface area contributed by atoms with Gasteiger partial charge < -0.3 is 15.1 Å². The molecule has 1 fully saturated rings. The van der Waals surface area contributed by atoms with Gasteiger partial charge in [-0.1, -0.05) is 12.1 Å². The second-order valence-electron chi connectivity index (χ2n) is 7.69. The van der Waals surface area contributed by atoms with Crippen molar-refractivity contribution in [3.63, 3.8) is 0 Å². The smallest absolute Gasteiger partial charge is 0.251 e. The number of nitrogens with zero attached hydrogens (tertiary/aromatic N) is 3. The zero-order chi connectivity index (χ0) is 18.6. The van der Waals surface area contributed by atoms with Gasteiger partial charge in [0.15, 0.2) is 0 Å². The number of piperazine rings is 1. The van der Waals surface area contributed by atoms with Gasteiger partial charge in [-0.05, 0) is 67.6 Å². The Kier molecular flexibility index (Phi) is 5.39. The summed E-state index contributed by atoms with van der Waals surface area (Å²) in [5.74, 6) is 1.01. The molecular weight excluding hydrogens is 336 g/mol. The summed E-state index contributed by atoms with van der Waals surface area (Å²) in [6, 6.07) is 10.3. The van der Waals surface area contributed by atoms with Gasteiger partial charge in [-0.15, -0.1) is 0 Å². The molecule has 0 saturated carbocycles. The minimum absolute atomic E-state index is 0.00785. The summed E-state index contributed by atoms with van der Waals surface area (Å²) in [4.78, 5) is 21.7. The SMILES string of the molecule is CN1CCN(c2ccc(CNC(=O)c3ccc4c(c3)CCCC4)cn2)CC1. The van der Waals surface area contributed by atoms with Gasteiger partial charge in [-0.2, -0.15) is 0 Å². The highest BCUT2D eigenvalue weighted by Gasteiger charge is 2.15. The molecule has 0 spiro atoms. The van der Waals surface area contributed by atoms with Crippen LogP contribution in [0.2, 0.25) is 0 Å². The van der Waals surface area contributed by atoms with Gasteiger partial charge in [0.25, 0.3) is 5.91 Å². The normalized spacial score (nSPS) is 17.4. The lowest BCUT2D eigenvalue weighted by Gasteiger charge is -2.33. The molecule has 2 heterocycles. The molecule has 4 rings (SSSR count). The van der Waals surface area contributed by atoms with Crippen LogP contribution < -0.4 is 10.2 Å². The fourth-order valence-electron chi connectivity index (χ4n) is 3.90. The average Bonchev–Trinajstić information content (AvgIpc) is 2.72. The monoisotopic (exact) mass is 364 g/mol. The fraction of sp³-hybridized carbons (Fsp3) is 0.455. The van der Waals surface area contributed by atoms with Crippen molar-refractivity contribution < 1.29 is 4.79 Å². The number of pyridine rings is 1. The van der Waals surface area contributed by atoms with E-state index in [0.717, 1.165) is 56.0 Å². The van der Waals surface area contributed by atoms with Crippen molar-refractivity contribution in [2.24, 2.45) is 0 Å². The summed E-state index contributed by atoms with van der Waals surface area (Å²) < 4.78 is 0. The Labute approximate surface area is 161 Å². The quantitative estimate of drug-likeness (QED) is 0.906. The summed E-state index contributed by atoms with van der Waals surface area (Å²) in [5, 5.41) is 3.03. The molecule has 0 radical (unpaired) electrons. The maximum absolute atomic E-state index is 12.5. The molecule has 2 aliphatic rings. The van der Waals surface area contributed by atoms with Crippen molar-refractivity contribution in [2.45, 2.75) is 32.2 Å². The number of hydrogen-bond donors (Lipinski definition) is 1. The number of nitrogens with one attached hydrogen (secondary N) is 1. The molecule has 0 atom stereocenters. The number of amides is 1. The lowest BCUT2D eigenvalue weighted by Crippen LogP contribution is -2.44. The third kappa shape index (κ3) is 4.30. The highest BCUT2D eigenvalue weighted by molar-refractivity contribution is 5.94. The van der Waals surface area contributed by atoms with E-state index in [4.69, 9.17) is 0 Å². The second kappa shape index (κ2) is 8.09. The summed E-state index contributed by atoms with van der Waals surface area (Å²) in [5.41, 5.74) is 4.53. The van der Waals surface area contributed by atoms with Crippen molar-refractivity contribution in [1.82, 2.24) is 15.2 Å². The molecule has 1 amide bonds. The van der Waals surface area contributed by atoms with E-state index in [0.29, 0.717) is 6.54 Å². The third-order valence-electron chi connectivity index (χ3n) is 5.70. The van der Waals surface area contributed by atoms with Crippen molar-refractivity contribution in [3.8, 4) is 0 Å². The zero-order valence-electron chi connectivity index (χ0n) is 16.1. The molecule has 1 aromatic heterocycles. The molecule has 5 heteroatoms. The Morgan fingerprint density at radius 1 is 1.04 bits per heavy atom. The van der Waals surface area contributed by atoms with E-state index < -0.39 is 0 Å². The molecule has 1 saturated heterocycles. The maximum Gasteiger partial charge on any atom is 0.251 e. The number of rotatable bonds is 4. The van der Waals surface area contributed by atoms with Crippen LogP contribution in [0.25, 0.3) is 0 Å². The van der Waals surface area contributed by atoms with Gasteiger partial charge in [-0.3, -0.25) is 4.79 Å². The third-order valence-corrected chi connectivity index (χ3v) is 5.70. The lowest BCUT2D eigenvalue weighted by atomic mass is 9.90. The minimum Gasteiger partial charge on any atom is -0.354 e. The number of anilines is 1. The Balaban J connectivity index is 1.34. The largest absolute Gasteiger partial charge is 0.354 e. The number of benzene rings is 1. The van der Waals surface area contributed by atoms with Gasteiger partial charge in [0.1, 0.15) is 5.82 Å². The number of aryl methyl sites for hydroxylation is 2. The minimum atomic E-state index is -0.00785. The average molecular weight is 364 g/mol. The Hall–Kier alpha value is -2.40. The van der Waals surface area contributed by atoms with Gasteiger partial charge in [0.05, 0.1) is 0 Å². The number of likely N-dealkylation sites (N-methyl/N-ethyl adjacent to an activating group) is 1. The number of carbonyl (C=O) groups excluding carboxylic acids is 1. The maximum atomic E-state index is 12.5. The topological polar surface area (TPSA) is 48.5 Å². The predicted octanol–water partition coefficient (Wildman–Crippen LogP) is 2.64. The van der Waals surface area contributed by atoms with E-state index >= 15 is 0 Å². The van der Waals surface area contributed by atoms with E-state index in [2.05, 4.69) is 51.4 Å². The molecule has 1 aliphatic carbocycles. The Morgan fingerprint density at radius 2 is 1.81 bits per heavy atom. The summed E-state index contributed by atoms with van der Waals surface area (Å²) in [7, 11) is 2.15. The molecule has 0 bridgehead atoms. The molecule has 2 aromatic rings. The van der Waals surface area contributed by atoms with Crippen LogP contribution in [0.1, 0.15) is 39.9 Å². The van der Waals surface area contributed by atoms with Crippen molar-refractivity contribution >= 4 is 11.7 Å². The van der Waals surface area contributed by atoms with Crippen molar-refractivity contribution in [2.75, 3.05) is 38.1 Å². The van der Waals surface area contributed by atoms with Crippen LogP contribution in [0, 0.1) is 0 Å². The van der Waals surface area contributed by atoms with Crippen molar-refractivity contribution in [1.29, 1.82) is 0 Å². The number of hydrogen-bond acceptors (Lipinski definition) is 4. The van der Waals surface area contributed by atoms with Crippen LogP contribution in [-0.2, 0) is 19.4 Å². The van der Waals surface area contributed by atoms with Gasteiger partial charge in [-0.25, -0.2) is 4.98 Å². The molecule has 1 N–H and O–H groups in total. The van der Waals surface area contributed by atoms with E-state index in [1.54, 1.807) is 0 Å². The zero-order valence-corrected chi connectivity index (χ0v) is 16.1. The van der Waals surface area contributed by atoms with Crippen LogP contribution in [0.15, 0.2) is 36.5 Å². The standard InChI is InChI=1S/C22H28N4O/c1-25-10-12-26(13-11-25)21-9-6-17(15-23-21)16-24-22(27)20-8-7-18-4-2-3-5-19(18)14-20/h6-9,14-15H,2-5,10-13,16H2,1H3,(H,24,27). The molecule has 27 heavy (non-hydrogen) atoms. The second-order valence-corrected chi connectivity index (χ2v) is 7.69. The number of carbonyl (C=O) groups is 1. The molecule has 1 aromatic carbocycles. The first kappa shape index (κ1) is 18.0. The van der Waals surface area contributed by atoms with E-state index in [1.165, 1.54) is 24.0 Å². The molecular formula is C22H28N4O. The summed E-state index contributed by atoms with van der Waals surface area (Å²) >= 11 is 0. The molecule has 5 nitrogen and oxygen atoms in total. The van der Waals surface area contributed by atoms with Crippen LogP contribution in [0.5, 0.6) is 0 Å². The molecule has 0 unspecified atom stereocenters. The Morgan fingerprint density at radius 3 is 2.56 bits per heavy atom. The van der Waals surface area contributed by atoms with Gasteiger partial charge in [0.2, 0.25) is 0 Å². The van der Waals surface area contributed by atoms with Gasteiger partial charge in [0, 0.05) is 44.5 Å². The first-order valence-electron chi connectivity index (χ1n) is 9.97. The van der Waals surface area contributed by atoms with E-state index in [9.17, 15) is 4.79 Å². The van der Waals surface area contributed by atoms with E-state index in [-0.39, 0.29) is 5.91 Å². The van der Waals surface area contributed by atoms with Crippen LogP contribution in [-0.4, -0.2) is 49.0 Å². The van der Waals surface area contributed by atoms with E-state index in [1.807, 2.05) is 12.3 Å². The van der Waals surface area contributed by atoms with Crippen LogP contribution in [0.4, 0.5) is 5.82 Å². The fourth-order valence-corrected chi connectivity index (χ4v) is 3.90. The van der Waals surface area contributed by atoms with Crippen LogP contribution >= 0.6 is 0 Å². The summed E-state index contributed by atoms with van der Waals surface area (Å²) in [6.07, 6.45) is 6.59. The first-order chi connectivity index (χ1) is 13.2. The first-order valence-corrected chi connectivity index (χ1v) is 9.97. The highest BCUT2D eigenvalue weighted by atomic mass is 16.1. The number of aromatic nitrogens is 1. The van der Waals surface area contributed by atoms with Crippen molar-refractivity contribution in [3.05, 3.63) is 58.8 Å². The Bertz CT molecular complexity index is 794.